The third-order valence-electron chi connectivity index (χ3n) is 3.27. The molecule has 2 rings (SSSR count). The zero-order valence-electron chi connectivity index (χ0n) is 11.1. The molecule has 20 heavy (non-hydrogen) atoms. The quantitative estimate of drug-likeness (QED) is 0.883. The van der Waals surface area contributed by atoms with E-state index in [0.717, 1.165) is 5.56 Å². The summed E-state index contributed by atoms with van der Waals surface area (Å²) in [6.07, 6.45) is 0.130. The largest absolute Gasteiger partial charge is 0.326 e. The van der Waals surface area contributed by atoms with Crippen LogP contribution < -0.4 is 10.6 Å². The highest BCUT2D eigenvalue weighted by atomic mass is 35.5. The minimum Gasteiger partial charge on any atom is -0.326 e. The molecule has 0 saturated carbocycles. The van der Waals surface area contributed by atoms with E-state index in [2.05, 4.69) is 10.6 Å². The number of carbonyl (C=O) groups excluding carboxylic acids is 1. The Morgan fingerprint density at radius 3 is 2.95 bits per heavy atom. The van der Waals surface area contributed by atoms with Crippen LogP contribution in [0.3, 0.4) is 0 Å². The van der Waals surface area contributed by atoms with Crippen LogP contribution in [-0.2, 0) is 14.6 Å². The zero-order valence-corrected chi connectivity index (χ0v) is 12.7. The van der Waals surface area contributed by atoms with E-state index in [4.69, 9.17) is 11.6 Å². The van der Waals surface area contributed by atoms with Crippen molar-refractivity contribution in [3.63, 3.8) is 0 Å². The van der Waals surface area contributed by atoms with Crippen LogP contribution in [0.5, 0.6) is 0 Å². The number of sulfone groups is 1. The van der Waals surface area contributed by atoms with E-state index in [-0.39, 0.29) is 29.9 Å². The van der Waals surface area contributed by atoms with Gasteiger partial charge in [0.15, 0.2) is 9.84 Å². The second-order valence-electron chi connectivity index (χ2n) is 4.93. The van der Waals surface area contributed by atoms with E-state index in [0.29, 0.717) is 17.3 Å². The van der Waals surface area contributed by atoms with Crippen molar-refractivity contribution in [2.75, 3.05) is 23.4 Å². The molecular weight excluding hydrogens is 300 g/mol. The van der Waals surface area contributed by atoms with Crippen LogP contribution in [0.4, 0.5) is 5.69 Å². The molecule has 1 amide bonds. The van der Waals surface area contributed by atoms with Gasteiger partial charge < -0.3 is 10.6 Å². The molecule has 7 heteroatoms. The van der Waals surface area contributed by atoms with Gasteiger partial charge in [-0.3, -0.25) is 4.79 Å². The standard InChI is InChI=1S/C13H17ClN2O3S/c1-9-11(14)3-2-4-12(9)16-13(17)7-10-8-20(18,19)6-5-15-10/h2-4,10,15H,5-8H2,1H3,(H,16,17). The third kappa shape index (κ3) is 3.94. The monoisotopic (exact) mass is 316 g/mol. The van der Waals surface area contributed by atoms with Crippen molar-refractivity contribution < 1.29 is 13.2 Å². The van der Waals surface area contributed by atoms with E-state index in [1.807, 2.05) is 6.92 Å². The molecule has 2 N–H and O–H groups in total. The fourth-order valence-corrected chi connectivity index (χ4v) is 3.79. The smallest absolute Gasteiger partial charge is 0.225 e. The second-order valence-corrected chi connectivity index (χ2v) is 7.57. The lowest BCUT2D eigenvalue weighted by atomic mass is 10.1. The van der Waals surface area contributed by atoms with Crippen molar-refractivity contribution >= 4 is 33.0 Å². The van der Waals surface area contributed by atoms with Crippen molar-refractivity contribution in [2.45, 2.75) is 19.4 Å². The number of halogens is 1. The SMILES string of the molecule is Cc1c(Cl)cccc1NC(=O)CC1CS(=O)(=O)CCN1. The van der Waals surface area contributed by atoms with Crippen LogP contribution in [-0.4, -0.2) is 38.4 Å². The highest BCUT2D eigenvalue weighted by Crippen LogP contribution is 2.23. The molecule has 0 aromatic heterocycles. The van der Waals surface area contributed by atoms with Gasteiger partial charge in [-0.25, -0.2) is 8.42 Å². The lowest BCUT2D eigenvalue weighted by Gasteiger charge is -2.23. The molecule has 5 nitrogen and oxygen atoms in total. The number of anilines is 1. The minimum atomic E-state index is -3.03. The first-order chi connectivity index (χ1) is 9.37. The van der Waals surface area contributed by atoms with Gasteiger partial charge in [0.1, 0.15) is 0 Å². The van der Waals surface area contributed by atoms with Gasteiger partial charge in [-0.1, -0.05) is 17.7 Å². The van der Waals surface area contributed by atoms with E-state index in [1.54, 1.807) is 18.2 Å². The van der Waals surface area contributed by atoms with Crippen LogP contribution in [0.25, 0.3) is 0 Å². The Balaban J connectivity index is 1.97. The van der Waals surface area contributed by atoms with E-state index >= 15 is 0 Å². The number of carbonyl (C=O) groups is 1. The first-order valence-corrected chi connectivity index (χ1v) is 8.56. The van der Waals surface area contributed by atoms with Gasteiger partial charge >= 0.3 is 0 Å². The van der Waals surface area contributed by atoms with Crippen LogP contribution in [0.1, 0.15) is 12.0 Å². The van der Waals surface area contributed by atoms with E-state index in [9.17, 15) is 13.2 Å². The van der Waals surface area contributed by atoms with Gasteiger partial charge in [-0.15, -0.1) is 0 Å². The molecule has 1 saturated heterocycles. The highest BCUT2D eigenvalue weighted by molar-refractivity contribution is 7.91. The van der Waals surface area contributed by atoms with Crippen molar-refractivity contribution in [3.05, 3.63) is 28.8 Å². The normalized spacial score (nSPS) is 21.4. The number of benzene rings is 1. The summed E-state index contributed by atoms with van der Waals surface area (Å²) in [6, 6.07) is 4.95. The maximum absolute atomic E-state index is 12.0. The summed E-state index contributed by atoms with van der Waals surface area (Å²) in [6.45, 7) is 2.22. The molecule has 0 radical (unpaired) electrons. The topological polar surface area (TPSA) is 75.3 Å². The molecule has 0 spiro atoms. The molecule has 0 aliphatic carbocycles. The first kappa shape index (κ1) is 15.3. The number of rotatable bonds is 3. The molecule has 1 fully saturated rings. The maximum Gasteiger partial charge on any atom is 0.225 e. The van der Waals surface area contributed by atoms with Crippen molar-refractivity contribution in [1.29, 1.82) is 0 Å². The average Bonchev–Trinajstić information content (AvgIpc) is 2.33. The molecule has 1 heterocycles. The maximum atomic E-state index is 12.0. The molecule has 1 aromatic carbocycles. The summed E-state index contributed by atoms with van der Waals surface area (Å²) in [5, 5.41) is 6.40. The lowest BCUT2D eigenvalue weighted by Crippen LogP contribution is -2.46. The van der Waals surface area contributed by atoms with Gasteiger partial charge in [0.05, 0.1) is 11.5 Å². The molecule has 1 aromatic rings. The Morgan fingerprint density at radius 2 is 2.25 bits per heavy atom. The first-order valence-electron chi connectivity index (χ1n) is 6.36. The second kappa shape index (κ2) is 6.11. The molecule has 0 bridgehead atoms. The Bertz CT molecular complexity index is 616. The summed E-state index contributed by atoms with van der Waals surface area (Å²) in [5.41, 5.74) is 1.45. The molecule has 1 atom stereocenters. The Morgan fingerprint density at radius 1 is 1.50 bits per heavy atom. The van der Waals surface area contributed by atoms with Gasteiger partial charge in [-0.05, 0) is 24.6 Å². The molecule has 1 unspecified atom stereocenters. The third-order valence-corrected chi connectivity index (χ3v) is 5.42. The summed E-state index contributed by atoms with van der Waals surface area (Å²) in [7, 11) is -3.03. The molecule has 1 aliphatic rings. The summed E-state index contributed by atoms with van der Waals surface area (Å²) < 4.78 is 23.0. The van der Waals surface area contributed by atoms with Crippen LogP contribution >= 0.6 is 11.6 Å². The number of amides is 1. The predicted octanol–water partition coefficient (Wildman–Crippen LogP) is 1.36. The van der Waals surface area contributed by atoms with Crippen LogP contribution in [0.2, 0.25) is 5.02 Å². The summed E-state index contributed by atoms with van der Waals surface area (Å²) in [4.78, 5) is 12.0. The minimum absolute atomic E-state index is 0.00888. The van der Waals surface area contributed by atoms with Crippen molar-refractivity contribution in [1.82, 2.24) is 5.32 Å². The molecular formula is C13H17ClN2O3S. The van der Waals surface area contributed by atoms with Gasteiger partial charge in [0.2, 0.25) is 5.91 Å². The Hall–Kier alpha value is -1.11. The number of hydrogen-bond donors (Lipinski definition) is 2. The molecule has 1 aliphatic heterocycles. The van der Waals surface area contributed by atoms with Crippen molar-refractivity contribution in [3.8, 4) is 0 Å². The Labute approximate surface area is 123 Å². The van der Waals surface area contributed by atoms with Gasteiger partial charge in [0.25, 0.3) is 0 Å². The van der Waals surface area contributed by atoms with E-state index < -0.39 is 9.84 Å². The van der Waals surface area contributed by atoms with Gasteiger partial charge in [-0.2, -0.15) is 0 Å². The number of hydrogen-bond acceptors (Lipinski definition) is 4. The predicted molar refractivity (Wildman–Crippen MR) is 79.9 cm³/mol. The summed E-state index contributed by atoms with van der Waals surface area (Å²) in [5.74, 6) is -0.0713. The molecule has 110 valence electrons. The average molecular weight is 317 g/mol. The fraction of sp³-hybridized carbons (Fsp3) is 0.462. The van der Waals surface area contributed by atoms with Gasteiger partial charge in [0, 0.05) is 29.7 Å². The fourth-order valence-electron chi connectivity index (χ4n) is 2.17. The zero-order chi connectivity index (χ0) is 14.8. The van der Waals surface area contributed by atoms with E-state index in [1.165, 1.54) is 0 Å². The highest BCUT2D eigenvalue weighted by Gasteiger charge is 2.26. The lowest BCUT2D eigenvalue weighted by molar-refractivity contribution is -0.116. The van der Waals surface area contributed by atoms with Crippen LogP contribution in [0, 0.1) is 6.92 Å². The van der Waals surface area contributed by atoms with Crippen molar-refractivity contribution in [2.24, 2.45) is 0 Å². The summed E-state index contributed by atoms with van der Waals surface area (Å²) >= 11 is 5.98. The van der Waals surface area contributed by atoms with Crippen LogP contribution in [0.15, 0.2) is 18.2 Å². The number of nitrogens with one attached hydrogen (secondary N) is 2. The Kier molecular flexibility index (Phi) is 4.67.